The number of carbonyl (C=O) groups excluding carboxylic acids is 1. The molecular formula is C22H25ClN2O3S. The van der Waals surface area contributed by atoms with Gasteiger partial charge in [0.2, 0.25) is 5.91 Å². The molecule has 0 atom stereocenters. The number of anilines is 1. The predicted molar refractivity (Wildman–Crippen MR) is 117 cm³/mol. The number of nitrogens with one attached hydrogen (secondary N) is 1. The number of rotatable bonds is 7. The minimum Gasteiger partial charge on any atom is -0.351 e. The molecule has 1 amide bonds. The van der Waals surface area contributed by atoms with E-state index >= 15 is 0 Å². The van der Waals surface area contributed by atoms with Crippen LogP contribution >= 0.6 is 11.6 Å². The van der Waals surface area contributed by atoms with Gasteiger partial charge in [-0.2, -0.15) is 0 Å². The zero-order valence-electron chi connectivity index (χ0n) is 16.4. The second kappa shape index (κ2) is 9.46. The van der Waals surface area contributed by atoms with E-state index in [1.54, 1.807) is 43.3 Å². The summed E-state index contributed by atoms with van der Waals surface area (Å²) in [5, 5.41) is 3.38. The van der Waals surface area contributed by atoms with Crippen molar-refractivity contribution in [3.8, 4) is 0 Å². The molecule has 1 aliphatic carbocycles. The van der Waals surface area contributed by atoms with Gasteiger partial charge in [-0.3, -0.25) is 9.10 Å². The van der Waals surface area contributed by atoms with Gasteiger partial charge < -0.3 is 5.32 Å². The van der Waals surface area contributed by atoms with Crippen LogP contribution in [0, 0.1) is 6.92 Å². The Morgan fingerprint density at radius 3 is 2.55 bits per heavy atom. The maximum absolute atomic E-state index is 13.3. The fourth-order valence-corrected chi connectivity index (χ4v) is 5.11. The van der Waals surface area contributed by atoms with Gasteiger partial charge in [-0.1, -0.05) is 41.4 Å². The third kappa shape index (κ3) is 5.40. The molecule has 0 saturated carbocycles. The van der Waals surface area contributed by atoms with E-state index in [4.69, 9.17) is 11.6 Å². The standard InChI is InChI=1S/C22H25ClN2O3S/c1-17-14-19(23)12-13-21(17)25(29(27,28)20-10-6-3-7-11-20)16-22(26)24-15-18-8-4-2-5-9-18/h3,6-8,10-14H,2,4-5,9,15-16H2,1H3,(H,24,26). The first-order valence-electron chi connectivity index (χ1n) is 9.66. The van der Waals surface area contributed by atoms with Crippen molar-refractivity contribution in [2.45, 2.75) is 37.5 Å². The highest BCUT2D eigenvalue weighted by Crippen LogP contribution is 2.28. The summed E-state index contributed by atoms with van der Waals surface area (Å²) in [6.45, 7) is 1.93. The van der Waals surface area contributed by atoms with Crippen molar-refractivity contribution in [1.29, 1.82) is 0 Å². The molecule has 3 rings (SSSR count). The summed E-state index contributed by atoms with van der Waals surface area (Å²) in [6.07, 6.45) is 6.47. The van der Waals surface area contributed by atoms with Crippen molar-refractivity contribution in [1.82, 2.24) is 5.32 Å². The number of halogens is 1. The first-order valence-corrected chi connectivity index (χ1v) is 11.5. The Morgan fingerprint density at radius 2 is 1.90 bits per heavy atom. The lowest BCUT2D eigenvalue weighted by atomic mass is 10.00. The van der Waals surface area contributed by atoms with Gasteiger partial charge in [-0.05, 0) is 68.5 Å². The summed E-state index contributed by atoms with van der Waals surface area (Å²) in [5.74, 6) is -0.342. The summed E-state index contributed by atoms with van der Waals surface area (Å²) < 4.78 is 27.8. The fraction of sp³-hybridized carbons (Fsp3) is 0.318. The van der Waals surface area contributed by atoms with Gasteiger partial charge in [0, 0.05) is 11.6 Å². The Labute approximate surface area is 177 Å². The topological polar surface area (TPSA) is 66.5 Å². The number of allylic oxidation sites excluding steroid dienone is 1. The summed E-state index contributed by atoms with van der Waals surface area (Å²) in [6, 6.07) is 13.1. The first kappa shape index (κ1) is 21.4. The zero-order valence-corrected chi connectivity index (χ0v) is 18.0. The van der Waals surface area contributed by atoms with E-state index in [0.29, 0.717) is 22.8 Å². The predicted octanol–water partition coefficient (Wildman–Crippen LogP) is 4.46. The Kier molecular flexibility index (Phi) is 6.98. The summed E-state index contributed by atoms with van der Waals surface area (Å²) in [4.78, 5) is 12.8. The number of carbonyl (C=O) groups is 1. The molecule has 0 heterocycles. The van der Waals surface area contributed by atoms with Crippen molar-refractivity contribution in [3.63, 3.8) is 0 Å². The molecule has 1 N–H and O–H groups in total. The smallest absolute Gasteiger partial charge is 0.264 e. The van der Waals surface area contributed by atoms with E-state index in [1.807, 2.05) is 0 Å². The molecule has 29 heavy (non-hydrogen) atoms. The number of nitrogens with zero attached hydrogens (tertiary/aromatic N) is 1. The van der Waals surface area contributed by atoms with Crippen molar-refractivity contribution in [2.75, 3.05) is 17.4 Å². The molecule has 0 bridgehead atoms. The molecule has 0 aromatic heterocycles. The van der Waals surface area contributed by atoms with Crippen LogP contribution in [-0.2, 0) is 14.8 Å². The van der Waals surface area contributed by atoms with Crippen LogP contribution in [0.15, 0.2) is 65.1 Å². The molecule has 0 radical (unpaired) electrons. The SMILES string of the molecule is Cc1cc(Cl)ccc1N(CC(=O)NCC1=CCCCC1)S(=O)(=O)c1ccccc1. The van der Waals surface area contributed by atoms with Gasteiger partial charge >= 0.3 is 0 Å². The summed E-state index contributed by atoms with van der Waals surface area (Å²) in [5.41, 5.74) is 2.31. The highest BCUT2D eigenvalue weighted by molar-refractivity contribution is 7.92. The lowest BCUT2D eigenvalue weighted by Crippen LogP contribution is -2.41. The van der Waals surface area contributed by atoms with Crippen molar-refractivity contribution >= 4 is 33.2 Å². The maximum Gasteiger partial charge on any atom is 0.264 e. The van der Waals surface area contributed by atoms with Crippen LogP contribution in [0.1, 0.15) is 31.2 Å². The highest BCUT2D eigenvalue weighted by atomic mass is 35.5. The van der Waals surface area contributed by atoms with Crippen LogP contribution in [-0.4, -0.2) is 27.4 Å². The lowest BCUT2D eigenvalue weighted by molar-refractivity contribution is -0.119. The largest absolute Gasteiger partial charge is 0.351 e. The molecule has 0 unspecified atom stereocenters. The number of hydrogen-bond donors (Lipinski definition) is 1. The molecule has 154 valence electrons. The number of sulfonamides is 1. The van der Waals surface area contributed by atoms with Crippen LogP contribution in [0.5, 0.6) is 0 Å². The zero-order chi connectivity index (χ0) is 20.9. The molecule has 0 spiro atoms. The van der Waals surface area contributed by atoms with E-state index < -0.39 is 10.0 Å². The average Bonchev–Trinajstić information content (AvgIpc) is 2.72. The monoisotopic (exact) mass is 432 g/mol. The molecule has 7 heteroatoms. The second-order valence-electron chi connectivity index (χ2n) is 7.14. The van der Waals surface area contributed by atoms with Gasteiger partial charge in [0.05, 0.1) is 10.6 Å². The Morgan fingerprint density at radius 1 is 1.14 bits per heavy atom. The molecule has 2 aromatic rings. The average molecular weight is 433 g/mol. The lowest BCUT2D eigenvalue weighted by Gasteiger charge is -2.26. The van der Waals surface area contributed by atoms with E-state index in [9.17, 15) is 13.2 Å². The second-order valence-corrected chi connectivity index (χ2v) is 9.44. The first-order chi connectivity index (χ1) is 13.9. The van der Waals surface area contributed by atoms with E-state index in [0.717, 1.165) is 23.6 Å². The van der Waals surface area contributed by atoms with Gasteiger partial charge in [0.15, 0.2) is 0 Å². The van der Waals surface area contributed by atoms with Crippen LogP contribution in [0.25, 0.3) is 0 Å². The van der Waals surface area contributed by atoms with E-state index in [2.05, 4.69) is 11.4 Å². The quantitative estimate of drug-likeness (QED) is 0.657. The Balaban J connectivity index is 1.86. The third-order valence-corrected chi connectivity index (χ3v) is 6.95. The number of hydrogen-bond acceptors (Lipinski definition) is 3. The normalized spacial score (nSPS) is 14.2. The third-order valence-electron chi connectivity index (χ3n) is 4.94. The Hall–Kier alpha value is -2.31. The Bertz CT molecular complexity index is 1000. The summed E-state index contributed by atoms with van der Waals surface area (Å²) >= 11 is 6.04. The van der Waals surface area contributed by atoms with Crippen LogP contribution < -0.4 is 9.62 Å². The van der Waals surface area contributed by atoms with E-state index in [1.165, 1.54) is 24.1 Å². The molecule has 0 fully saturated rings. The van der Waals surface area contributed by atoms with Gasteiger partial charge in [0.1, 0.15) is 6.54 Å². The van der Waals surface area contributed by atoms with Crippen LogP contribution in [0.2, 0.25) is 5.02 Å². The van der Waals surface area contributed by atoms with Gasteiger partial charge in [-0.15, -0.1) is 0 Å². The molecule has 5 nitrogen and oxygen atoms in total. The minimum atomic E-state index is -3.91. The number of benzene rings is 2. The highest BCUT2D eigenvalue weighted by Gasteiger charge is 2.28. The van der Waals surface area contributed by atoms with Crippen LogP contribution in [0.3, 0.4) is 0 Å². The molecular weight excluding hydrogens is 408 g/mol. The van der Waals surface area contributed by atoms with E-state index in [-0.39, 0.29) is 17.3 Å². The fourth-order valence-electron chi connectivity index (χ4n) is 3.38. The molecule has 2 aromatic carbocycles. The van der Waals surface area contributed by atoms with Crippen molar-refractivity contribution in [2.24, 2.45) is 0 Å². The number of aryl methyl sites for hydroxylation is 1. The number of amides is 1. The van der Waals surface area contributed by atoms with Crippen LogP contribution in [0.4, 0.5) is 5.69 Å². The maximum atomic E-state index is 13.3. The van der Waals surface area contributed by atoms with Crippen molar-refractivity contribution < 1.29 is 13.2 Å². The van der Waals surface area contributed by atoms with Crippen molar-refractivity contribution in [3.05, 3.63) is 70.8 Å². The minimum absolute atomic E-state index is 0.136. The van der Waals surface area contributed by atoms with Gasteiger partial charge in [0.25, 0.3) is 10.0 Å². The molecule has 0 saturated heterocycles. The molecule has 0 aliphatic heterocycles. The molecule has 1 aliphatic rings. The summed E-state index contributed by atoms with van der Waals surface area (Å²) in [7, 11) is -3.91. The van der Waals surface area contributed by atoms with Gasteiger partial charge in [-0.25, -0.2) is 8.42 Å².